The summed E-state index contributed by atoms with van der Waals surface area (Å²) in [7, 11) is -0.943. The van der Waals surface area contributed by atoms with E-state index in [4.69, 9.17) is 4.74 Å². The molecule has 9 nitrogen and oxygen atoms in total. The van der Waals surface area contributed by atoms with Gasteiger partial charge in [0.2, 0.25) is 15.9 Å². The summed E-state index contributed by atoms with van der Waals surface area (Å²) in [5, 5.41) is 4.93. The highest BCUT2D eigenvalue weighted by Crippen LogP contribution is 2.18. The summed E-state index contributed by atoms with van der Waals surface area (Å²) in [6, 6.07) is 4.03. The molecule has 27 heavy (non-hydrogen) atoms. The first kappa shape index (κ1) is 22.6. The van der Waals surface area contributed by atoms with Crippen molar-refractivity contribution in [1.82, 2.24) is 14.9 Å². The number of hydrogen-bond donors (Lipinski definition) is 2. The van der Waals surface area contributed by atoms with Gasteiger partial charge in [-0.3, -0.25) is 9.59 Å². The summed E-state index contributed by atoms with van der Waals surface area (Å²) in [4.78, 5) is 35.3. The Morgan fingerprint density at radius 3 is 2.33 bits per heavy atom. The average molecular weight is 399 g/mol. The highest BCUT2D eigenvalue weighted by Gasteiger charge is 2.21. The number of rotatable bonds is 8. The Hall–Kier alpha value is -2.46. The number of sulfonamides is 1. The number of amides is 2. The van der Waals surface area contributed by atoms with Crippen LogP contribution in [0.4, 0.5) is 0 Å². The molecule has 0 bridgehead atoms. The lowest BCUT2D eigenvalue weighted by Crippen LogP contribution is -2.41. The van der Waals surface area contributed by atoms with Gasteiger partial charge in [-0.1, -0.05) is 6.07 Å². The fourth-order valence-corrected chi connectivity index (χ4v) is 2.93. The van der Waals surface area contributed by atoms with Crippen molar-refractivity contribution >= 4 is 27.8 Å². The van der Waals surface area contributed by atoms with Crippen molar-refractivity contribution in [2.24, 2.45) is 0 Å². The van der Waals surface area contributed by atoms with Crippen molar-refractivity contribution < 1.29 is 27.5 Å². The molecule has 10 heteroatoms. The SMILES string of the molecule is Cc1ccc(S(=O)(=O)N(C)C)cc1C(=O)OCC(=O)NCC(=O)NC(C)C. The number of hydrogen-bond acceptors (Lipinski definition) is 6. The Morgan fingerprint density at radius 1 is 1.15 bits per heavy atom. The lowest BCUT2D eigenvalue weighted by atomic mass is 10.1. The van der Waals surface area contributed by atoms with Gasteiger partial charge < -0.3 is 15.4 Å². The van der Waals surface area contributed by atoms with Crippen LogP contribution in [0, 0.1) is 6.92 Å². The third-order valence-electron chi connectivity index (χ3n) is 3.44. The maximum absolute atomic E-state index is 12.2. The van der Waals surface area contributed by atoms with Crippen molar-refractivity contribution in [3.63, 3.8) is 0 Å². The molecule has 0 aliphatic rings. The number of benzene rings is 1. The van der Waals surface area contributed by atoms with Crippen LogP contribution in [-0.4, -0.2) is 63.8 Å². The molecule has 1 aromatic carbocycles. The van der Waals surface area contributed by atoms with Crippen LogP contribution in [-0.2, 0) is 24.3 Å². The molecule has 0 aromatic heterocycles. The van der Waals surface area contributed by atoms with Gasteiger partial charge in [0, 0.05) is 20.1 Å². The number of aryl methyl sites for hydroxylation is 1. The summed E-state index contributed by atoms with van der Waals surface area (Å²) in [5.74, 6) is -1.83. The van der Waals surface area contributed by atoms with Crippen molar-refractivity contribution in [3.8, 4) is 0 Å². The number of nitrogens with zero attached hydrogens (tertiary/aromatic N) is 1. The quantitative estimate of drug-likeness (QED) is 0.596. The lowest BCUT2D eigenvalue weighted by molar-refractivity contribution is -0.128. The maximum Gasteiger partial charge on any atom is 0.338 e. The number of carbonyl (C=O) groups is 3. The summed E-state index contributed by atoms with van der Waals surface area (Å²) < 4.78 is 30.3. The minimum absolute atomic E-state index is 0.0447. The van der Waals surface area contributed by atoms with Crippen molar-refractivity contribution in [3.05, 3.63) is 29.3 Å². The molecule has 2 amide bonds. The van der Waals surface area contributed by atoms with E-state index in [2.05, 4.69) is 10.6 Å². The lowest BCUT2D eigenvalue weighted by Gasteiger charge is -2.13. The van der Waals surface area contributed by atoms with Crippen LogP contribution in [0.2, 0.25) is 0 Å². The van der Waals surface area contributed by atoms with Gasteiger partial charge in [0.15, 0.2) is 6.61 Å². The van der Waals surface area contributed by atoms with E-state index < -0.39 is 28.5 Å². The van der Waals surface area contributed by atoms with E-state index in [0.29, 0.717) is 5.56 Å². The van der Waals surface area contributed by atoms with Crippen molar-refractivity contribution in [2.75, 3.05) is 27.2 Å². The molecule has 1 rings (SSSR count). The first-order valence-corrected chi connectivity index (χ1v) is 9.65. The molecule has 0 atom stereocenters. The normalized spacial score (nSPS) is 11.4. The second-order valence-electron chi connectivity index (χ2n) is 6.34. The van der Waals surface area contributed by atoms with Gasteiger partial charge in [0.05, 0.1) is 17.0 Å². The summed E-state index contributed by atoms with van der Waals surface area (Å²) in [6.45, 7) is 4.38. The molecule has 150 valence electrons. The molecule has 0 saturated heterocycles. The minimum atomic E-state index is -3.71. The molecule has 0 aliphatic heterocycles. The van der Waals surface area contributed by atoms with E-state index in [9.17, 15) is 22.8 Å². The van der Waals surface area contributed by atoms with Crippen LogP contribution in [0.5, 0.6) is 0 Å². The van der Waals surface area contributed by atoms with E-state index in [-0.39, 0.29) is 29.0 Å². The van der Waals surface area contributed by atoms with Gasteiger partial charge >= 0.3 is 5.97 Å². The third kappa shape index (κ3) is 6.65. The van der Waals surface area contributed by atoms with E-state index in [1.54, 1.807) is 20.8 Å². The van der Waals surface area contributed by atoms with E-state index in [1.165, 1.54) is 32.3 Å². The van der Waals surface area contributed by atoms with Crippen molar-refractivity contribution in [2.45, 2.75) is 31.7 Å². The van der Waals surface area contributed by atoms with Crippen LogP contribution >= 0.6 is 0 Å². The van der Waals surface area contributed by atoms with Crippen LogP contribution in [0.1, 0.15) is 29.8 Å². The van der Waals surface area contributed by atoms with Crippen LogP contribution in [0.15, 0.2) is 23.1 Å². The van der Waals surface area contributed by atoms with Gasteiger partial charge in [0.1, 0.15) is 0 Å². The second-order valence-corrected chi connectivity index (χ2v) is 8.49. The average Bonchev–Trinajstić information content (AvgIpc) is 2.57. The molecular formula is C17H25N3O6S. The van der Waals surface area contributed by atoms with Crippen LogP contribution < -0.4 is 10.6 Å². The molecule has 0 heterocycles. The highest BCUT2D eigenvalue weighted by atomic mass is 32.2. The van der Waals surface area contributed by atoms with Gasteiger partial charge in [-0.2, -0.15) is 0 Å². The first-order valence-electron chi connectivity index (χ1n) is 8.21. The molecular weight excluding hydrogens is 374 g/mol. The molecule has 0 fully saturated rings. The molecule has 0 radical (unpaired) electrons. The van der Waals surface area contributed by atoms with Gasteiger partial charge in [-0.25, -0.2) is 17.5 Å². The van der Waals surface area contributed by atoms with Gasteiger partial charge in [0.25, 0.3) is 5.91 Å². The van der Waals surface area contributed by atoms with E-state index >= 15 is 0 Å². The fourth-order valence-electron chi connectivity index (χ4n) is 2.00. The molecule has 1 aromatic rings. The van der Waals surface area contributed by atoms with E-state index in [0.717, 1.165) is 4.31 Å². The number of esters is 1. The molecule has 0 aliphatic carbocycles. The standard InChI is InChI=1S/C17H25N3O6S/c1-11(2)19-15(21)9-18-16(22)10-26-17(23)14-8-13(7-6-12(14)3)27(24,25)20(4)5/h6-8,11H,9-10H2,1-5H3,(H,18,22)(H,19,21). The first-order chi connectivity index (χ1) is 12.4. The van der Waals surface area contributed by atoms with Gasteiger partial charge in [-0.05, 0) is 38.5 Å². The Kier molecular flexibility index (Phi) is 7.92. The predicted molar refractivity (Wildman–Crippen MR) is 98.6 cm³/mol. The maximum atomic E-state index is 12.2. The number of nitrogens with one attached hydrogen (secondary N) is 2. The van der Waals surface area contributed by atoms with Crippen LogP contribution in [0.25, 0.3) is 0 Å². The second kappa shape index (κ2) is 9.47. The molecule has 0 saturated carbocycles. The Balaban J connectivity index is 2.72. The summed E-state index contributed by atoms with van der Waals surface area (Å²) in [6.07, 6.45) is 0. The van der Waals surface area contributed by atoms with Gasteiger partial charge in [-0.15, -0.1) is 0 Å². The zero-order valence-electron chi connectivity index (χ0n) is 16.0. The Labute approximate surface area is 159 Å². The summed E-state index contributed by atoms with van der Waals surface area (Å²) in [5.41, 5.74) is 0.553. The fraction of sp³-hybridized carbons (Fsp3) is 0.471. The third-order valence-corrected chi connectivity index (χ3v) is 5.25. The molecule has 0 spiro atoms. The number of carbonyl (C=O) groups excluding carboxylic acids is 3. The largest absolute Gasteiger partial charge is 0.452 e. The number of ether oxygens (including phenoxy) is 1. The zero-order valence-corrected chi connectivity index (χ0v) is 16.8. The summed E-state index contributed by atoms with van der Waals surface area (Å²) >= 11 is 0. The predicted octanol–water partition coefficient (Wildman–Crippen LogP) is 0.0429. The topological polar surface area (TPSA) is 122 Å². The zero-order chi connectivity index (χ0) is 20.8. The van der Waals surface area contributed by atoms with Crippen molar-refractivity contribution in [1.29, 1.82) is 0 Å². The van der Waals surface area contributed by atoms with E-state index in [1.807, 2.05) is 0 Å². The Morgan fingerprint density at radius 2 is 1.78 bits per heavy atom. The smallest absolute Gasteiger partial charge is 0.338 e. The molecule has 0 unspecified atom stereocenters. The van der Waals surface area contributed by atoms with Crippen LogP contribution in [0.3, 0.4) is 0 Å². The monoisotopic (exact) mass is 399 g/mol. The molecule has 2 N–H and O–H groups in total. The Bertz CT molecular complexity index is 818. The highest BCUT2D eigenvalue weighted by molar-refractivity contribution is 7.89. The minimum Gasteiger partial charge on any atom is -0.452 e.